The highest BCUT2D eigenvalue weighted by Crippen LogP contribution is 2.18. The molecule has 128 valence electrons. The van der Waals surface area contributed by atoms with Gasteiger partial charge >= 0.3 is 0 Å². The van der Waals surface area contributed by atoms with Crippen LogP contribution in [0.5, 0.6) is 0 Å². The number of hydrogen-bond donors (Lipinski definition) is 2. The number of piperidine rings is 1. The van der Waals surface area contributed by atoms with Crippen molar-refractivity contribution in [2.75, 3.05) is 25.0 Å². The molecule has 3 rings (SSSR count). The van der Waals surface area contributed by atoms with Crippen molar-refractivity contribution in [1.82, 2.24) is 14.9 Å². The van der Waals surface area contributed by atoms with E-state index < -0.39 is 0 Å². The summed E-state index contributed by atoms with van der Waals surface area (Å²) in [6.07, 6.45) is 2.70. The van der Waals surface area contributed by atoms with Gasteiger partial charge in [0, 0.05) is 31.4 Å². The summed E-state index contributed by atoms with van der Waals surface area (Å²) in [5.74, 6) is 1.35. The number of aryl methyl sites for hydroxylation is 1. The van der Waals surface area contributed by atoms with Crippen molar-refractivity contribution in [3.8, 4) is 0 Å². The zero-order chi connectivity index (χ0) is 16.9. The molecular weight excluding hydrogens is 324 g/mol. The molecule has 1 fully saturated rings. The smallest absolute Gasteiger partial charge is 0.135 e. The van der Waals surface area contributed by atoms with E-state index in [-0.39, 0.29) is 6.10 Å². The molecule has 24 heavy (non-hydrogen) atoms. The van der Waals surface area contributed by atoms with Crippen LogP contribution >= 0.6 is 11.6 Å². The van der Waals surface area contributed by atoms with Gasteiger partial charge in [0.25, 0.3) is 0 Å². The predicted octanol–water partition coefficient (Wildman–Crippen LogP) is 3.18. The fraction of sp³-hybridized carbons (Fsp3) is 0.444. The van der Waals surface area contributed by atoms with Gasteiger partial charge in [0.15, 0.2) is 0 Å². The van der Waals surface area contributed by atoms with Crippen molar-refractivity contribution >= 4 is 23.1 Å². The third-order valence-corrected chi connectivity index (χ3v) is 4.50. The van der Waals surface area contributed by atoms with Crippen molar-refractivity contribution in [3.05, 3.63) is 46.9 Å². The Labute approximate surface area is 147 Å². The van der Waals surface area contributed by atoms with E-state index in [1.807, 2.05) is 6.92 Å². The Morgan fingerprint density at radius 2 is 1.92 bits per heavy atom. The van der Waals surface area contributed by atoms with Crippen molar-refractivity contribution in [1.29, 1.82) is 0 Å². The Morgan fingerprint density at radius 1 is 1.21 bits per heavy atom. The number of aliphatic hydroxyl groups is 1. The minimum absolute atomic E-state index is 0.106. The lowest BCUT2D eigenvalue weighted by atomic mass is 10.1. The molecular formula is C18H23ClN4O. The van der Waals surface area contributed by atoms with Gasteiger partial charge in [-0.1, -0.05) is 23.7 Å². The molecule has 2 heterocycles. The summed E-state index contributed by atoms with van der Waals surface area (Å²) in [5, 5.41) is 13.2. The molecule has 1 saturated heterocycles. The second-order valence-electron chi connectivity index (χ2n) is 6.27. The highest BCUT2D eigenvalue weighted by atomic mass is 35.5. The highest BCUT2D eigenvalue weighted by molar-refractivity contribution is 6.29. The lowest BCUT2D eigenvalue weighted by molar-refractivity contribution is 0.0832. The van der Waals surface area contributed by atoms with E-state index in [0.717, 1.165) is 44.6 Å². The fourth-order valence-corrected chi connectivity index (χ4v) is 3.15. The molecule has 0 unspecified atom stereocenters. The summed E-state index contributed by atoms with van der Waals surface area (Å²) in [5.41, 5.74) is 2.29. The molecule has 0 bridgehead atoms. The van der Waals surface area contributed by atoms with Crippen molar-refractivity contribution in [2.45, 2.75) is 32.3 Å². The SMILES string of the molecule is Cc1nc(Cl)cc(Nc2ccc(CCN3CCC(O)CC3)cc2)n1. The van der Waals surface area contributed by atoms with Crippen LogP contribution in [0.3, 0.4) is 0 Å². The first kappa shape index (κ1) is 17.1. The van der Waals surface area contributed by atoms with Gasteiger partial charge in [0.2, 0.25) is 0 Å². The lowest BCUT2D eigenvalue weighted by Crippen LogP contribution is -2.37. The van der Waals surface area contributed by atoms with E-state index >= 15 is 0 Å². The maximum atomic E-state index is 9.55. The molecule has 0 saturated carbocycles. The Balaban J connectivity index is 1.53. The standard InChI is InChI=1S/C18H23ClN4O/c1-13-20-17(19)12-18(21-13)22-15-4-2-14(3-5-15)6-9-23-10-7-16(24)8-11-23/h2-5,12,16,24H,6-11H2,1H3,(H,20,21,22). The quantitative estimate of drug-likeness (QED) is 0.814. The number of benzene rings is 1. The Hall–Kier alpha value is -1.69. The predicted molar refractivity (Wildman–Crippen MR) is 96.9 cm³/mol. The number of aliphatic hydroxyl groups excluding tert-OH is 1. The van der Waals surface area contributed by atoms with Crippen molar-refractivity contribution < 1.29 is 5.11 Å². The van der Waals surface area contributed by atoms with Gasteiger partial charge in [-0.05, 0) is 43.9 Å². The first-order valence-electron chi connectivity index (χ1n) is 8.36. The number of likely N-dealkylation sites (tertiary alicyclic amines) is 1. The summed E-state index contributed by atoms with van der Waals surface area (Å²) >= 11 is 5.95. The molecule has 0 radical (unpaired) electrons. The Kier molecular flexibility index (Phi) is 5.66. The zero-order valence-electron chi connectivity index (χ0n) is 13.9. The molecule has 0 spiro atoms. The number of rotatable bonds is 5. The van der Waals surface area contributed by atoms with Crippen molar-refractivity contribution in [3.63, 3.8) is 0 Å². The summed E-state index contributed by atoms with van der Waals surface area (Å²) in [6, 6.07) is 10.1. The molecule has 2 N–H and O–H groups in total. The average Bonchev–Trinajstić information content (AvgIpc) is 2.55. The van der Waals surface area contributed by atoms with Gasteiger partial charge in [-0.2, -0.15) is 0 Å². The summed E-state index contributed by atoms with van der Waals surface area (Å²) in [4.78, 5) is 10.8. The number of nitrogens with zero attached hydrogens (tertiary/aromatic N) is 3. The summed E-state index contributed by atoms with van der Waals surface area (Å²) < 4.78 is 0. The van der Waals surface area contributed by atoms with E-state index in [0.29, 0.717) is 16.8 Å². The van der Waals surface area contributed by atoms with Crippen LogP contribution in [0.1, 0.15) is 24.2 Å². The van der Waals surface area contributed by atoms with Crippen LogP contribution in [0.4, 0.5) is 11.5 Å². The van der Waals surface area contributed by atoms with Gasteiger partial charge in [0.1, 0.15) is 16.8 Å². The van der Waals surface area contributed by atoms with Crippen LogP contribution in [0, 0.1) is 6.92 Å². The first-order valence-corrected chi connectivity index (χ1v) is 8.74. The van der Waals surface area contributed by atoms with Crippen LogP contribution < -0.4 is 5.32 Å². The number of nitrogens with one attached hydrogen (secondary N) is 1. The van der Waals surface area contributed by atoms with Crippen LogP contribution in [-0.2, 0) is 6.42 Å². The largest absolute Gasteiger partial charge is 0.393 e. The van der Waals surface area contributed by atoms with E-state index in [4.69, 9.17) is 11.6 Å². The van der Waals surface area contributed by atoms with Crippen LogP contribution in [0.2, 0.25) is 5.15 Å². The fourth-order valence-electron chi connectivity index (χ4n) is 2.93. The summed E-state index contributed by atoms with van der Waals surface area (Å²) in [7, 11) is 0. The van der Waals surface area contributed by atoms with Gasteiger partial charge in [-0.25, -0.2) is 9.97 Å². The van der Waals surface area contributed by atoms with E-state index in [1.54, 1.807) is 6.07 Å². The Morgan fingerprint density at radius 3 is 2.58 bits per heavy atom. The minimum atomic E-state index is -0.106. The van der Waals surface area contributed by atoms with E-state index in [1.165, 1.54) is 5.56 Å². The molecule has 1 aliphatic rings. The normalized spacial score (nSPS) is 16.3. The second kappa shape index (κ2) is 7.92. The number of aromatic nitrogens is 2. The van der Waals surface area contributed by atoms with Gasteiger partial charge in [-0.15, -0.1) is 0 Å². The first-order chi connectivity index (χ1) is 11.6. The molecule has 0 amide bonds. The molecule has 0 aliphatic carbocycles. The molecule has 5 nitrogen and oxygen atoms in total. The molecule has 1 aliphatic heterocycles. The molecule has 0 atom stereocenters. The number of anilines is 2. The lowest BCUT2D eigenvalue weighted by Gasteiger charge is -2.29. The third kappa shape index (κ3) is 4.90. The topological polar surface area (TPSA) is 61.3 Å². The maximum Gasteiger partial charge on any atom is 0.135 e. The zero-order valence-corrected chi connectivity index (χ0v) is 14.6. The van der Waals surface area contributed by atoms with Crippen LogP contribution in [-0.4, -0.2) is 45.7 Å². The monoisotopic (exact) mass is 346 g/mol. The number of halogens is 1. The van der Waals surface area contributed by atoms with E-state index in [9.17, 15) is 5.11 Å². The minimum Gasteiger partial charge on any atom is -0.393 e. The van der Waals surface area contributed by atoms with Crippen LogP contribution in [0.25, 0.3) is 0 Å². The molecule has 2 aromatic rings. The maximum absolute atomic E-state index is 9.55. The molecule has 6 heteroatoms. The summed E-state index contributed by atoms with van der Waals surface area (Å²) in [6.45, 7) is 4.85. The van der Waals surface area contributed by atoms with Gasteiger partial charge in [0.05, 0.1) is 6.10 Å². The van der Waals surface area contributed by atoms with E-state index in [2.05, 4.69) is 44.5 Å². The highest BCUT2D eigenvalue weighted by Gasteiger charge is 2.16. The van der Waals surface area contributed by atoms with Gasteiger partial charge in [-0.3, -0.25) is 0 Å². The van der Waals surface area contributed by atoms with Crippen LogP contribution in [0.15, 0.2) is 30.3 Å². The van der Waals surface area contributed by atoms with Gasteiger partial charge < -0.3 is 15.3 Å². The molecule has 1 aromatic carbocycles. The third-order valence-electron chi connectivity index (χ3n) is 4.31. The average molecular weight is 347 g/mol. The molecule has 1 aromatic heterocycles. The Bertz CT molecular complexity index is 649. The number of hydrogen-bond acceptors (Lipinski definition) is 5. The van der Waals surface area contributed by atoms with Crippen molar-refractivity contribution in [2.24, 2.45) is 0 Å². The second-order valence-corrected chi connectivity index (χ2v) is 6.66.